The molecule has 20 heavy (non-hydrogen) atoms. The van der Waals surface area contributed by atoms with E-state index in [0.29, 0.717) is 0 Å². The van der Waals surface area contributed by atoms with E-state index in [4.69, 9.17) is 0 Å². The predicted octanol–water partition coefficient (Wildman–Crippen LogP) is 2.77. The van der Waals surface area contributed by atoms with Crippen molar-refractivity contribution < 1.29 is 0 Å². The highest BCUT2D eigenvalue weighted by molar-refractivity contribution is 5.42. The van der Waals surface area contributed by atoms with Crippen LogP contribution in [0.2, 0.25) is 0 Å². The Hall–Kier alpha value is -2.04. The summed E-state index contributed by atoms with van der Waals surface area (Å²) in [6, 6.07) is 10.3. The summed E-state index contributed by atoms with van der Waals surface area (Å²) in [5.74, 6) is 1.93. The van der Waals surface area contributed by atoms with Crippen LogP contribution in [0.4, 0.5) is 11.6 Å². The second-order valence-electron chi connectivity index (χ2n) is 4.61. The highest BCUT2D eigenvalue weighted by Gasteiger charge is 2.08. The van der Waals surface area contributed by atoms with Crippen LogP contribution in [0.15, 0.2) is 30.3 Å². The van der Waals surface area contributed by atoms with Crippen LogP contribution in [0, 0.1) is 0 Å². The van der Waals surface area contributed by atoms with E-state index in [0.717, 1.165) is 49.9 Å². The quantitative estimate of drug-likeness (QED) is 0.726. The number of anilines is 2. The fourth-order valence-electron chi connectivity index (χ4n) is 2.18. The van der Waals surface area contributed by atoms with Crippen molar-refractivity contribution in [3.05, 3.63) is 36.2 Å². The lowest BCUT2D eigenvalue weighted by Gasteiger charge is -2.08. The summed E-state index contributed by atoms with van der Waals surface area (Å²) in [6.07, 6.45) is 1.98. The molecule has 0 radical (unpaired) electrons. The van der Waals surface area contributed by atoms with E-state index in [-0.39, 0.29) is 0 Å². The number of para-hydroxylation sites is 1. The number of nitrogens with zero attached hydrogens (tertiary/aromatic N) is 3. The van der Waals surface area contributed by atoms with Crippen molar-refractivity contribution in [2.75, 3.05) is 23.7 Å². The van der Waals surface area contributed by atoms with Crippen LogP contribution < -0.4 is 10.6 Å². The summed E-state index contributed by atoms with van der Waals surface area (Å²) < 4.78 is 2.14. The Balaban J connectivity index is 1.82. The van der Waals surface area contributed by atoms with Crippen LogP contribution in [0.3, 0.4) is 0 Å². The van der Waals surface area contributed by atoms with Crippen LogP contribution >= 0.6 is 0 Å². The summed E-state index contributed by atoms with van der Waals surface area (Å²) in [6.45, 7) is 6.90. The molecule has 1 aromatic carbocycles. The van der Waals surface area contributed by atoms with Gasteiger partial charge in [-0.05, 0) is 32.4 Å². The Kier molecular flexibility index (Phi) is 5.41. The number of hydrogen-bond donors (Lipinski definition) is 2. The SMILES string of the molecule is CCNc1nnc(CCCNc2ccccc2)n1CC. The van der Waals surface area contributed by atoms with E-state index in [9.17, 15) is 0 Å². The van der Waals surface area contributed by atoms with Gasteiger partial charge < -0.3 is 10.6 Å². The van der Waals surface area contributed by atoms with Gasteiger partial charge in [0.2, 0.25) is 5.95 Å². The summed E-state index contributed by atoms with van der Waals surface area (Å²) in [4.78, 5) is 0. The standard InChI is InChI=1S/C15H23N5/c1-3-16-15-19-18-14(20(15)4-2)11-8-12-17-13-9-6-5-7-10-13/h5-7,9-10,17H,3-4,8,11-12H2,1-2H3,(H,16,19). The van der Waals surface area contributed by atoms with Gasteiger partial charge in [0.05, 0.1) is 0 Å². The fourth-order valence-corrected chi connectivity index (χ4v) is 2.18. The first-order valence-electron chi connectivity index (χ1n) is 7.30. The van der Waals surface area contributed by atoms with E-state index < -0.39 is 0 Å². The summed E-state index contributed by atoms with van der Waals surface area (Å²) in [7, 11) is 0. The molecule has 2 aromatic rings. The van der Waals surface area contributed by atoms with E-state index in [1.807, 2.05) is 18.2 Å². The molecule has 1 aromatic heterocycles. The Bertz CT molecular complexity index is 506. The first-order valence-corrected chi connectivity index (χ1v) is 7.30. The van der Waals surface area contributed by atoms with Crippen LogP contribution in [-0.2, 0) is 13.0 Å². The van der Waals surface area contributed by atoms with Crippen molar-refractivity contribution in [3.8, 4) is 0 Å². The molecule has 0 spiro atoms. The predicted molar refractivity (Wildman–Crippen MR) is 83.1 cm³/mol. The Morgan fingerprint density at radius 2 is 1.85 bits per heavy atom. The molecule has 2 N–H and O–H groups in total. The number of rotatable bonds is 8. The molecule has 5 heteroatoms. The molecular weight excluding hydrogens is 250 g/mol. The lowest BCUT2D eigenvalue weighted by Crippen LogP contribution is -2.10. The maximum Gasteiger partial charge on any atom is 0.224 e. The minimum atomic E-state index is 0.869. The van der Waals surface area contributed by atoms with E-state index in [1.165, 1.54) is 0 Å². The van der Waals surface area contributed by atoms with Crippen molar-refractivity contribution in [2.24, 2.45) is 0 Å². The first-order chi connectivity index (χ1) is 9.85. The average Bonchev–Trinajstić information content (AvgIpc) is 2.87. The van der Waals surface area contributed by atoms with Crippen molar-refractivity contribution >= 4 is 11.6 Å². The third-order valence-electron chi connectivity index (χ3n) is 3.16. The van der Waals surface area contributed by atoms with Crippen molar-refractivity contribution in [1.29, 1.82) is 0 Å². The van der Waals surface area contributed by atoms with Crippen molar-refractivity contribution in [1.82, 2.24) is 14.8 Å². The molecule has 0 atom stereocenters. The molecule has 0 unspecified atom stereocenters. The highest BCUT2D eigenvalue weighted by Crippen LogP contribution is 2.10. The molecule has 1 heterocycles. The molecule has 5 nitrogen and oxygen atoms in total. The van der Waals surface area contributed by atoms with E-state index in [2.05, 4.69) is 51.4 Å². The van der Waals surface area contributed by atoms with Crippen LogP contribution in [0.5, 0.6) is 0 Å². The number of aryl methyl sites for hydroxylation is 1. The highest BCUT2D eigenvalue weighted by atomic mass is 15.3. The first kappa shape index (κ1) is 14.4. The molecule has 2 rings (SSSR count). The van der Waals surface area contributed by atoms with Crippen molar-refractivity contribution in [3.63, 3.8) is 0 Å². The molecule has 0 saturated heterocycles. The van der Waals surface area contributed by atoms with E-state index in [1.54, 1.807) is 0 Å². The maximum atomic E-state index is 4.27. The van der Waals surface area contributed by atoms with Gasteiger partial charge in [-0.25, -0.2) is 0 Å². The molecule has 0 saturated carbocycles. The van der Waals surface area contributed by atoms with Gasteiger partial charge in [0.1, 0.15) is 5.82 Å². The van der Waals surface area contributed by atoms with Crippen LogP contribution in [0.1, 0.15) is 26.1 Å². The minimum Gasteiger partial charge on any atom is -0.385 e. The normalized spacial score (nSPS) is 10.5. The largest absolute Gasteiger partial charge is 0.385 e. The maximum absolute atomic E-state index is 4.27. The zero-order chi connectivity index (χ0) is 14.2. The van der Waals surface area contributed by atoms with Crippen molar-refractivity contribution in [2.45, 2.75) is 33.2 Å². The number of nitrogens with one attached hydrogen (secondary N) is 2. The average molecular weight is 273 g/mol. The molecule has 108 valence electrons. The van der Waals surface area contributed by atoms with Gasteiger partial charge in [0.15, 0.2) is 0 Å². The summed E-state index contributed by atoms with van der Waals surface area (Å²) in [5, 5.41) is 15.1. The lowest BCUT2D eigenvalue weighted by molar-refractivity contribution is 0.680. The van der Waals surface area contributed by atoms with Crippen LogP contribution in [-0.4, -0.2) is 27.9 Å². The van der Waals surface area contributed by atoms with Gasteiger partial charge in [-0.15, -0.1) is 10.2 Å². The zero-order valence-electron chi connectivity index (χ0n) is 12.3. The molecule has 0 amide bonds. The van der Waals surface area contributed by atoms with Gasteiger partial charge >= 0.3 is 0 Å². The molecule has 0 fully saturated rings. The third kappa shape index (κ3) is 3.73. The number of benzene rings is 1. The Morgan fingerprint density at radius 1 is 1.05 bits per heavy atom. The van der Waals surface area contributed by atoms with Crippen LogP contribution in [0.25, 0.3) is 0 Å². The zero-order valence-corrected chi connectivity index (χ0v) is 12.3. The summed E-state index contributed by atoms with van der Waals surface area (Å²) in [5.41, 5.74) is 1.16. The Morgan fingerprint density at radius 3 is 2.55 bits per heavy atom. The molecular formula is C15H23N5. The van der Waals surface area contributed by atoms with Gasteiger partial charge in [-0.1, -0.05) is 18.2 Å². The second kappa shape index (κ2) is 7.53. The summed E-state index contributed by atoms with van der Waals surface area (Å²) >= 11 is 0. The smallest absolute Gasteiger partial charge is 0.224 e. The topological polar surface area (TPSA) is 54.8 Å². The monoisotopic (exact) mass is 273 g/mol. The van der Waals surface area contributed by atoms with Gasteiger partial charge in [0, 0.05) is 31.7 Å². The van der Waals surface area contributed by atoms with Gasteiger partial charge in [0.25, 0.3) is 0 Å². The second-order valence-corrected chi connectivity index (χ2v) is 4.61. The number of hydrogen-bond acceptors (Lipinski definition) is 4. The third-order valence-corrected chi connectivity index (χ3v) is 3.16. The molecule has 0 aliphatic heterocycles. The fraction of sp³-hybridized carbons (Fsp3) is 0.467. The minimum absolute atomic E-state index is 0.869. The molecule has 0 aliphatic carbocycles. The Labute approximate surface area is 120 Å². The molecule has 0 bridgehead atoms. The molecule has 0 aliphatic rings. The number of aromatic nitrogens is 3. The van der Waals surface area contributed by atoms with Gasteiger partial charge in [-0.2, -0.15) is 0 Å². The van der Waals surface area contributed by atoms with Gasteiger partial charge in [-0.3, -0.25) is 4.57 Å². The lowest BCUT2D eigenvalue weighted by atomic mass is 10.2. The van der Waals surface area contributed by atoms with E-state index >= 15 is 0 Å².